The number of carbonyl (C=O) groups excluding carboxylic acids is 1. The van der Waals surface area contributed by atoms with Gasteiger partial charge in [0, 0.05) is 18.7 Å². The van der Waals surface area contributed by atoms with Crippen LogP contribution in [-0.2, 0) is 14.3 Å². The van der Waals surface area contributed by atoms with E-state index in [1.165, 1.54) is 13.2 Å². The highest BCUT2D eigenvalue weighted by atomic mass is 16.5. The molecular weight excluding hydrogens is 192 g/mol. The third kappa shape index (κ3) is 1.55. The summed E-state index contributed by atoms with van der Waals surface area (Å²) in [6.07, 6.45) is 0.983. The lowest BCUT2D eigenvalue weighted by atomic mass is 9.92. The van der Waals surface area contributed by atoms with Gasteiger partial charge in [0.25, 0.3) is 0 Å². The number of hydrogen-bond donors (Lipinski definition) is 0. The van der Waals surface area contributed by atoms with Gasteiger partial charge in [-0.3, -0.25) is 4.79 Å². The summed E-state index contributed by atoms with van der Waals surface area (Å²) in [6, 6.07) is 7.60. The maximum absolute atomic E-state index is 11.7. The minimum absolute atomic E-state index is 0.0759. The van der Waals surface area contributed by atoms with E-state index >= 15 is 0 Å². The maximum Gasteiger partial charge on any atom is 0.192 e. The molecule has 0 aromatic heterocycles. The quantitative estimate of drug-likeness (QED) is 0.738. The molecule has 0 bridgehead atoms. The van der Waals surface area contributed by atoms with Crippen LogP contribution in [0.2, 0.25) is 0 Å². The molecule has 1 aromatic rings. The van der Waals surface area contributed by atoms with E-state index < -0.39 is 6.10 Å². The molecule has 0 spiro atoms. The smallest absolute Gasteiger partial charge is 0.192 e. The summed E-state index contributed by atoms with van der Waals surface area (Å²) >= 11 is 0. The lowest BCUT2D eigenvalue weighted by Crippen LogP contribution is -2.19. The zero-order valence-corrected chi connectivity index (χ0v) is 8.69. The first kappa shape index (κ1) is 9.93. The topological polar surface area (TPSA) is 35.5 Å². The fraction of sp³-hybridized carbons (Fsp3) is 0.250. The second-order valence-electron chi connectivity index (χ2n) is 3.32. The summed E-state index contributed by atoms with van der Waals surface area (Å²) in [6.45, 7) is 0. The van der Waals surface area contributed by atoms with Crippen LogP contribution in [0.5, 0.6) is 0 Å². The van der Waals surface area contributed by atoms with E-state index in [1.807, 2.05) is 24.3 Å². The fourth-order valence-electron chi connectivity index (χ4n) is 1.80. The fourth-order valence-corrected chi connectivity index (χ4v) is 1.80. The molecule has 0 saturated carbocycles. The van der Waals surface area contributed by atoms with E-state index in [-0.39, 0.29) is 5.78 Å². The van der Waals surface area contributed by atoms with Crippen molar-refractivity contribution in [2.75, 3.05) is 14.2 Å². The molecule has 0 heterocycles. The van der Waals surface area contributed by atoms with Crippen molar-refractivity contribution in [1.29, 1.82) is 0 Å². The normalized spacial score (nSPS) is 19.5. The molecule has 1 aromatic carbocycles. The third-order valence-electron chi connectivity index (χ3n) is 2.50. The van der Waals surface area contributed by atoms with Crippen molar-refractivity contribution in [1.82, 2.24) is 0 Å². The Morgan fingerprint density at radius 1 is 1.20 bits per heavy atom. The summed E-state index contributed by atoms with van der Waals surface area (Å²) in [7, 11) is 3.09. The van der Waals surface area contributed by atoms with Gasteiger partial charge in [-0.2, -0.15) is 0 Å². The van der Waals surface area contributed by atoms with Gasteiger partial charge in [0.2, 0.25) is 0 Å². The van der Waals surface area contributed by atoms with Gasteiger partial charge in [0.05, 0.1) is 7.11 Å². The van der Waals surface area contributed by atoms with Crippen LogP contribution in [0, 0.1) is 0 Å². The van der Waals surface area contributed by atoms with Crippen molar-refractivity contribution in [3.05, 3.63) is 41.5 Å². The Balaban J connectivity index is 2.57. The largest absolute Gasteiger partial charge is 0.496 e. The number of ether oxygens (including phenoxy) is 2. The number of methoxy groups -OCH3 is 2. The van der Waals surface area contributed by atoms with E-state index in [0.29, 0.717) is 5.76 Å². The molecule has 2 rings (SSSR count). The predicted molar refractivity (Wildman–Crippen MR) is 56.2 cm³/mol. The van der Waals surface area contributed by atoms with Crippen LogP contribution < -0.4 is 0 Å². The highest BCUT2D eigenvalue weighted by Gasteiger charge is 2.27. The minimum Gasteiger partial charge on any atom is -0.496 e. The van der Waals surface area contributed by atoms with Gasteiger partial charge in [0.15, 0.2) is 5.78 Å². The van der Waals surface area contributed by atoms with Gasteiger partial charge >= 0.3 is 0 Å². The molecule has 1 atom stereocenters. The summed E-state index contributed by atoms with van der Waals surface area (Å²) in [5, 5.41) is 0. The zero-order valence-electron chi connectivity index (χ0n) is 8.69. The van der Waals surface area contributed by atoms with Gasteiger partial charge in [-0.05, 0) is 5.56 Å². The van der Waals surface area contributed by atoms with E-state index in [9.17, 15) is 4.79 Å². The van der Waals surface area contributed by atoms with Crippen LogP contribution in [0.1, 0.15) is 17.2 Å². The molecule has 0 N–H and O–H groups in total. The van der Waals surface area contributed by atoms with Crippen LogP contribution in [0.4, 0.5) is 0 Å². The molecule has 1 aliphatic carbocycles. The van der Waals surface area contributed by atoms with Crippen molar-refractivity contribution in [3.63, 3.8) is 0 Å². The van der Waals surface area contributed by atoms with Crippen LogP contribution in [0.15, 0.2) is 30.3 Å². The van der Waals surface area contributed by atoms with Gasteiger partial charge in [-0.15, -0.1) is 0 Å². The van der Waals surface area contributed by atoms with Gasteiger partial charge in [-0.1, -0.05) is 24.3 Å². The molecule has 1 aliphatic rings. The molecule has 78 valence electrons. The highest BCUT2D eigenvalue weighted by Crippen LogP contribution is 2.32. The second-order valence-corrected chi connectivity index (χ2v) is 3.32. The van der Waals surface area contributed by atoms with E-state index in [4.69, 9.17) is 9.47 Å². The first-order valence-electron chi connectivity index (χ1n) is 4.69. The number of fused-ring (bicyclic) bond motifs is 1. The Morgan fingerprint density at radius 3 is 2.60 bits per heavy atom. The van der Waals surface area contributed by atoms with E-state index in [0.717, 1.165) is 11.1 Å². The molecule has 0 amide bonds. The van der Waals surface area contributed by atoms with Crippen molar-refractivity contribution >= 4 is 11.5 Å². The molecule has 3 nitrogen and oxygen atoms in total. The van der Waals surface area contributed by atoms with Crippen molar-refractivity contribution in [2.24, 2.45) is 0 Å². The average molecular weight is 204 g/mol. The highest BCUT2D eigenvalue weighted by molar-refractivity contribution is 6.03. The number of ketones is 1. The molecule has 0 aliphatic heterocycles. The summed E-state index contributed by atoms with van der Waals surface area (Å²) in [5.74, 6) is 0.525. The molecule has 0 fully saturated rings. The van der Waals surface area contributed by atoms with Crippen molar-refractivity contribution in [3.8, 4) is 0 Å². The van der Waals surface area contributed by atoms with Gasteiger partial charge in [-0.25, -0.2) is 0 Å². The monoisotopic (exact) mass is 204 g/mol. The predicted octanol–water partition coefficient (Wildman–Crippen LogP) is 1.94. The molecular formula is C12H12O3. The number of benzene rings is 1. The van der Waals surface area contributed by atoms with Gasteiger partial charge < -0.3 is 9.47 Å². The van der Waals surface area contributed by atoms with E-state index in [2.05, 4.69) is 0 Å². The van der Waals surface area contributed by atoms with Crippen LogP contribution in [0.3, 0.4) is 0 Å². The van der Waals surface area contributed by atoms with Gasteiger partial charge in [0.1, 0.15) is 11.9 Å². The Hall–Kier alpha value is -1.61. The lowest BCUT2D eigenvalue weighted by molar-refractivity contribution is -0.124. The Bertz CT molecular complexity index is 421. The third-order valence-corrected chi connectivity index (χ3v) is 2.50. The molecule has 15 heavy (non-hydrogen) atoms. The Morgan fingerprint density at radius 2 is 1.93 bits per heavy atom. The first-order valence-corrected chi connectivity index (χ1v) is 4.69. The molecule has 3 heteroatoms. The number of rotatable bonds is 2. The molecule has 0 radical (unpaired) electrons. The summed E-state index contributed by atoms with van der Waals surface area (Å²) in [5.41, 5.74) is 1.79. The Labute approximate surface area is 88.3 Å². The second kappa shape index (κ2) is 3.87. The molecule has 1 unspecified atom stereocenters. The minimum atomic E-state index is -0.500. The van der Waals surface area contributed by atoms with Crippen molar-refractivity contribution < 1.29 is 14.3 Å². The molecule has 0 saturated heterocycles. The zero-order chi connectivity index (χ0) is 10.8. The van der Waals surface area contributed by atoms with Crippen LogP contribution in [0.25, 0.3) is 5.76 Å². The summed E-state index contributed by atoms with van der Waals surface area (Å²) < 4.78 is 10.3. The van der Waals surface area contributed by atoms with Crippen LogP contribution in [-0.4, -0.2) is 20.0 Å². The standard InChI is InChI=1S/C12H12O3/c1-14-11-7-10(13)12(15-2)9-6-4-3-5-8(9)11/h3-7,12H,1-2H3. The Kier molecular flexibility index (Phi) is 2.56. The summed E-state index contributed by atoms with van der Waals surface area (Å²) in [4.78, 5) is 11.7. The lowest BCUT2D eigenvalue weighted by Gasteiger charge is -2.22. The maximum atomic E-state index is 11.7. The average Bonchev–Trinajstić information content (AvgIpc) is 2.28. The van der Waals surface area contributed by atoms with Crippen LogP contribution >= 0.6 is 0 Å². The first-order chi connectivity index (χ1) is 7.27. The SMILES string of the molecule is COC1=CC(=O)C(OC)c2ccccc21. The van der Waals surface area contributed by atoms with E-state index in [1.54, 1.807) is 7.11 Å². The van der Waals surface area contributed by atoms with Crippen molar-refractivity contribution in [2.45, 2.75) is 6.10 Å². The number of hydrogen-bond acceptors (Lipinski definition) is 3. The number of carbonyl (C=O) groups is 1.